The summed E-state index contributed by atoms with van der Waals surface area (Å²) in [6.45, 7) is 4.74. The van der Waals surface area contributed by atoms with Crippen LogP contribution < -0.4 is 0 Å². The highest BCUT2D eigenvalue weighted by molar-refractivity contribution is 6.20. The first-order valence-electron chi connectivity index (χ1n) is 9.96. The van der Waals surface area contributed by atoms with Gasteiger partial charge >= 0.3 is 0 Å². The van der Waals surface area contributed by atoms with E-state index in [2.05, 4.69) is 97.2 Å². The van der Waals surface area contributed by atoms with Gasteiger partial charge in [0.25, 0.3) is 0 Å². The van der Waals surface area contributed by atoms with E-state index in [-0.39, 0.29) is 5.41 Å². The van der Waals surface area contributed by atoms with Crippen molar-refractivity contribution in [2.24, 2.45) is 0 Å². The molecule has 0 radical (unpaired) electrons. The van der Waals surface area contributed by atoms with Crippen LogP contribution in [0.25, 0.3) is 49.1 Å². The van der Waals surface area contributed by atoms with Crippen LogP contribution in [0.15, 0.2) is 79.0 Å². The molecule has 1 aliphatic rings. The third-order valence-corrected chi connectivity index (χ3v) is 6.90. The Balaban J connectivity index is 1.74. The highest BCUT2D eigenvalue weighted by atomic mass is 14.9. The maximum Gasteiger partial charge on any atom is 0.0611 e. The molecule has 0 N–H and O–H groups in total. The summed E-state index contributed by atoms with van der Waals surface area (Å²) < 4.78 is 2.39. The van der Waals surface area contributed by atoms with E-state index in [4.69, 9.17) is 0 Å². The minimum atomic E-state index is 0.0239. The molecular formula is C27H19N. The highest BCUT2D eigenvalue weighted by Crippen LogP contribution is 2.53. The molecule has 1 heteroatoms. The Hall–Kier alpha value is -3.32. The minimum Gasteiger partial charge on any atom is -0.315 e. The maximum atomic E-state index is 2.45. The first kappa shape index (κ1) is 14.7. The Labute approximate surface area is 163 Å². The van der Waals surface area contributed by atoms with Gasteiger partial charge in [-0.25, -0.2) is 0 Å². The van der Waals surface area contributed by atoms with Gasteiger partial charge in [-0.15, -0.1) is 0 Å². The smallest absolute Gasteiger partial charge is 0.0611 e. The second-order valence-electron chi connectivity index (χ2n) is 8.68. The van der Waals surface area contributed by atoms with Crippen molar-refractivity contribution in [3.8, 4) is 11.1 Å². The standard InChI is InChI=1S/C27H19N/c1-27(2)23-10-6-5-9-18(23)21-15-22-20-13-16-7-3-4-8-17(16)14-24(20)28-12-11-19(25(21)27)26(22)28/h3-15H,1-2H3. The zero-order valence-corrected chi connectivity index (χ0v) is 16.0. The summed E-state index contributed by atoms with van der Waals surface area (Å²) in [5, 5.41) is 6.72. The van der Waals surface area contributed by atoms with E-state index in [1.54, 1.807) is 0 Å². The molecule has 0 bridgehead atoms. The van der Waals surface area contributed by atoms with Gasteiger partial charge in [-0.3, -0.25) is 0 Å². The second-order valence-corrected chi connectivity index (χ2v) is 8.68. The van der Waals surface area contributed by atoms with E-state index >= 15 is 0 Å². The van der Waals surface area contributed by atoms with E-state index in [0.717, 1.165) is 0 Å². The predicted octanol–water partition coefficient (Wildman–Crippen LogP) is 7.14. The van der Waals surface area contributed by atoms with Crippen LogP contribution in [0.2, 0.25) is 0 Å². The molecule has 0 unspecified atom stereocenters. The summed E-state index contributed by atoms with van der Waals surface area (Å²) in [6.07, 6.45) is 2.26. The molecule has 1 nitrogen and oxygen atoms in total. The van der Waals surface area contributed by atoms with Crippen LogP contribution in [0.5, 0.6) is 0 Å². The molecule has 28 heavy (non-hydrogen) atoms. The van der Waals surface area contributed by atoms with Crippen molar-refractivity contribution in [1.29, 1.82) is 0 Å². The van der Waals surface area contributed by atoms with Gasteiger partial charge in [-0.2, -0.15) is 0 Å². The quantitative estimate of drug-likeness (QED) is 0.272. The van der Waals surface area contributed by atoms with Crippen molar-refractivity contribution in [1.82, 2.24) is 4.40 Å². The van der Waals surface area contributed by atoms with Crippen molar-refractivity contribution in [3.63, 3.8) is 0 Å². The van der Waals surface area contributed by atoms with Crippen molar-refractivity contribution in [3.05, 3.63) is 90.1 Å². The number of fused-ring (bicyclic) bond motifs is 8. The number of hydrogen-bond donors (Lipinski definition) is 0. The molecule has 0 saturated heterocycles. The number of hydrogen-bond acceptors (Lipinski definition) is 0. The molecule has 132 valence electrons. The van der Waals surface area contributed by atoms with Crippen LogP contribution in [0.3, 0.4) is 0 Å². The Morgan fingerprint density at radius 1 is 0.679 bits per heavy atom. The summed E-state index contributed by atoms with van der Waals surface area (Å²) >= 11 is 0. The molecule has 0 saturated carbocycles. The molecule has 4 aromatic carbocycles. The second kappa shape index (κ2) is 4.56. The average molecular weight is 357 g/mol. The topological polar surface area (TPSA) is 4.41 Å². The Bertz CT molecular complexity index is 1580. The summed E-state index contributed by atoms with van der Waals surface area (Å²) in [5.41, 5.74) is 8.41. The summed E-state index contributed by atoms with van der Waals surface area (Å²) in [4.78, 5) is 0. The molecule has 6 aromatic rings. The molecule has 2 aromatic heterocycles. The number of benzene rings is 4. The fourth-order valence-corrected chi connectivity index (χ4v) is 5.67. The van der Waals surface area contributed by atoms with Crippen LogP contribution in [0, 0.1) is 0 Å². The third-order valence-electron chi connectivity index (χ3n) is 6.90. The van der Waals surface area contributed by atoms with Crippen LogP contribution in [0.1, 0.15) is 25.0 Å². The number of nitrogens with zero attached hydrogens (tertiary/aromatic N) is 1. The normalized spacial score (nSPS) is 15.1. The summed E-state index contributed by atoms with van der Waals surface area (Å²) in [5.74, 6) is 0. The van der Waals surface area contributed by atoms with Gasteiger partial charge in [0.1, 0.15) is 0 Å². The third kappa shape index (κ3) is 1.52. The zero-order chi connectivity index (χ0) is 18.6. The van der Waals surface area contributed by atoms with E-state index in [0.29, 0.717) is 0 Å². The summed E-state index contributed by atoms with van der Waals surface area (Å²) in [6, 6.07) is 27.1. The molecule has 2 heterocycles. The van der Waals surface area contributed by atoms with Gasteiger partial charge in [0.15, 0.2) is 0 Å². The fraction of sp³-hybridized carbons (Fsp3) is 0.111. The largest absolute Gasteiger partial charge is 0.315 e. The SMILES string of the molecule is CC1(C)c2ccccc2-c2cc3c4cc5ccccc5cc4n4ccc(c21)c34. The fourth-order valence-electron chi connectivity index (χ4n) is 5.67. The van der Waals surface area contributed by atoms with Crippen molar-refractivity contribution >= 4 is 38.0 Å². The zero-order valence-electron chi connectivity index (χ0n) is 16.0. The molecule has 0 atom stereocenters. The molecule has 0 aliphatic heterocycles. The molecular weight excluding hydrogens is 338 g/mol. The molecule has 0 fully saturated rings. The Morgan fingerprint density at radius 3 is 2.29 bits per heavy atom. The number of rotatable bonds is 0. The van der Waals surface area contributed by atoms with E-state index < -0.39 is 0 Å². The van der Waals surface area contributed by atoms with E-state index in [1.807, 2.05) is 0 Å². The van der Waals surface area contributed by atoms with Gasteiger partial charge in [-0.05, 0) is 57.3 Å². The Morgan fingerprint density at radius 2 is 1.43 bits per heavy atom. The lowest BCUT2D eigenvalue weighted by atomic mass is 9.81. The monoisotopic (exact) mass is 357 g/mol. The molecule has 0 spiro atoms. The first-order chi connectivity index (χ1) is 13.6. The number of aromatic nitrogens is 1. The average Bonchev–Trinajstić information content (AvgIpc) is 3.34. The van der Waals surface area contributed by atoms with Crippen LogP contribution in [-0.4, -0.2) is 4.40 Å². The maximum absolute atomic E-state index is 2.45. The molecule has 7 rings (SSSR count). The van der Waals surface area contributed by atoms with Gasteiger partial charge < -0.3 is 4.40 Å². The summed E-state index contributed by atoms with van der Waals surface area (Å²) in [7, 11) is 0. The lowest BCUT2D eigenvalue weighted by Gasteiger charge is -2.22. The van der Waals surface area contributed by atoms with Gasteiger partial charge in [0.05, 0.1) is 11.0 Å². The lowest BCUT2D eigenvalue weighted by Crippen LogP contribution is -2.15. The van der Waals surface area contributed by atoms with Crippen LogP contribution >= 0.6 is 0 Å². The van der Waals surface area contributed by atoms with Crippen LogP contribution in [0.4, 0.5) is 0 Å². The highest BCUT2D eigenvalue weighted by Gasteiger charge is 2.37. The van der Waals surface area contributed by atoms with E-state index in [9.17, 15) is 0 Å². The Kier molecular flexibility index (Phi) is 2.39. The van der Waals surface area contributed by atoms with Crippen molar-refractivity contribution < 1.29 is 0 Å². The van der Waals surface area contributed by atoms with E-state index in [1.165, 1.54) is 60.2 Å². The molecule has 0 amide bonds. The molecule has 1 aliphatic carbocycles. The van der Waals surface area contributed by atoms with Crippen molar-refractivity contribution in [2.75, 3.05) is 0 Å². The first-order valence-corrected chi connectivity index (χ1v) is 9.96. The minimum absolute atomic E-state index is 0.0239. The predicted molar refractivity (Wildman–Crippen MR) is 119 cm³/mol. The lowest BCUT2D eigenvalue weighted by molar-refractivity contribution is 0.666. The van der Waals surface area contributed by atoms with Gasteiger partial charge in [0.2, 0.25) is 0 Å². The van der Waals surface area contributed by atoms with Gasteiger partial charge in [-0.1, -0.05) is 62.4 Å². The van der Waals surface area contributed by atoms with Crippen molar-refractivity contribution in [2.45, 2.75) is 19.3 Å². The van der Waals surface area contributed by atoms with Gasteiger partial charge in [0, 0.05) is 27.8 Å². The van der Waals surface area contributed by atoms with Crippen LogP contribution in [-0.2, 0) is 5.41 Å².